The molecule has 3 fully saturated rings. The third kappa shape index (κ3) is 8.64. The standard InChI is InChI=1S/C29H48ClN5O2/c1-34(37-2)19-17-32-27-14-18-35(21-26(27)23-6-4-3-5-7-23)29(36)28(33-25-12-15-31-16-13-25)20-22-8-10-24(30)11-9-22/h8-11,23,25-28,31-33H,3-7,12-21H2,1-2H3/t26?,27?,28-/m1/s1. The van der Waals surface area contributed by atoms with Crippen molar-refractivity contribution in [3.8, 4) is 0 Å². The highest BCUT2D eigenvalue weighted by molar-refractivity contribution is 6.30. The van der Waals surface area contributed by atoms with Crippen LogP contribution < -0.4 is 16.0 Å². The van der Waals surface area contributed by atoms with E-state index in [4.69, 9.17) is 16.4 Å². The Morgan fingerprint density at radius 3 is 2.57 bits per heavy atom. The number of benzene rings is 1. The number of likely N-dealkylation sites (N-methyl/N-ethyl adjacent to an activating group) is 1. The first-order valence-corrected chi connectivity index (χ1v) is 14.9. The van der Waals surface area contributed by atoms with E-state index < -0.39 is 0 Å². The molecular weight excluding hydrogens is 486 g/mol. The van der Waals surface area contributed by atoms with Crippen LogP contribution in [-0.2, 0) is 16.1 Å². The summed E-state index contributed by atoms with van der Waals surface area (Å²) in [6.45, 7) is 5.48. The van der Waals surface area contributed by atoms with Gasteiger partial charge in [0.2, 0.25) is 5.91 Å². The number of amides is 1. The second-order valence-electron chi connectivity index (χ2n) is 11.3. The van der Waals surface area contributed by atoms with Crippen LogP contribution in [0.25, 0.3) is 0 Å². The lowest BCUT2D eigenvalue weighted by Gasteiger charge is -2.45. The van der Waals surface area contributed by atoms with Crippen molar-refractivity contribution in [1.29, 1.82) is 0 Å². The summed E-state index contributed by atoms with van der Waals surface area (Å²) in [5.74, 6) is 1.49. The average Bonchev–Trinajstić information content (AvgIpc) is 2.94. The minimum Gasteiger partial charge on any atom is -0.341 e. The van der Waals surface area contributed by atoms with Gasteiger partial charge in [0.15, 0.2) is 0 Å². The minimum absolute atomic E-state index is 0.198. The zero-order valence-corrected chi connectivity index (χ0v) is 23.6. The molecule has 1 aliphatic carbocycles. The molecule has 3 aliphatic rings. The molecule has 0 spiro atoms. The number of halogens is 1. The van der Waals surface area contributed by atoms with Gasteiger partial charge in [0.05, 0.1) is 13.2 Å². The Morgan fingerprint density at radius 1 is 1.14 bits per heavy atom. The van der Waals surface area contributed by atoms with Crippen LogP contribution in [0.3, 0.4) is 0 Å². The van der Waals surface area contributed by atoms with Crippen LogP contribution in [-0.4, -0.2) is 87.4 Å². The number of carbonyl (C=O) groups is 1. The van der Waals surface area contributed by atoms with E-state index >= 15 is 0 Å². The molecule has 2 unspecified atom stereocenters. The summed E-state index contributed by atoms with van der Waals surface area (Å²) in [6, 6.07) is 8.63. The van der Waals surface area contributed by atoms with Crippen LogP contribution in [0.5, 0.6) is 0 Å². The van der Waals surface area contributed by atoms with Crippen LogP contribution in [0, 0.1) is 11.8 Å². The minimum atomic E-state index is -0.198. The number of nitrogens with zero attached hydrogens (tertiary/aromatic N) is 2. The topological polar surface area (TPSA) is 68.9 Å². The van der Waals surface area contributed by atoms with Crippen molar-refractivity contribution in [1.82, 2.24) is 25.9 Å². The zero-order valence-electron chi connectivity index (χ0n) is 22.9. The van der Waals surface area contributed by atoms with Crippen molar-refractivity contribution >= 4 is 17.5 Å². The summed E-state index contributed by atoms with van der Waals surface area (Å²) in [4.78, 5) is 21.6. The molecule has 0 radical (unpaired) electrons. The number of rotatable bonds is 11. The number of hydrogen-bond acceptors (Lipinski definition) is 6. The predicted octanol–water partition coefficient (Wildman–Crippen LogP) is 3.47. The fraction of sp³-hybridized carbons (Fsp3) is 0.759. The summed E-state index contributed by atoms with van der Waals surface area (Å²) >= 11 is 6.14. The second-order valence-corrected chi connectivity index (χ2v) is 11.7. The first-order chi connectivity index (χ1) is 18.0. The largest absolute Gasteiger partial charge is 0.341 e. The normalized spacial score (nSPS) is 24.9. The van der Waals surface area contributed by atoms with E-state index in [2.05, 4.69) is 33.0 Å². The summed E-state index contributed by atoms with van der Waals surface area (Å²) in [6.07, 6.45) is 10.4. The molecule has 0 aromatic heterocycles. The maximum atomic E-state index is 14.1. The zero-order chi connectivity index (χ0) is 26.0. The van der Waals surface area contributed by atoms with Gasteiger partial charge in [-0.3, -0.25) is 4.79 Å². The molecule has 2 heterocycles. The van der Waals surface area contributed by atoms with Crippen molar-refractivity contribution in [3.05, 3.63) is 34.9 Å². The SMILES string of the molecule is CON(C)CCNC1CCN(C(=O)[C@@H](Cc2ccc(Cl)cc2)NC2CCNCC2)CC1C1CCCCC1. The Hall–Kier alpha value is -1.22. The van der Waals surface area contributed by atoms with Crippen molar-refractivity contribution in [2.75, 3.05) is 53.4 Å². The highest BCUT2D eigenvalue weighted by atomic mass is 35.5. The van der Waals surface area contributed by atoms with Gasteiger partial charge in [-0.25, -0.2) is 0 Å². The van der Waals surface area contributed by atoms with Gasteiger partial charge in [-0.2, -0.15) is 5.06 Å². The van der Waals surface area contributed by atoms with Gasteiger partial charge in [-0.05, 0) is 68.3 Å². The van der Waals surface area contributed by atoms with Crippen molar-refractivity contribution in [2.24, 2.45) is 11.8 Å². The Balaban J connectivity index is 1.44. The maximum Gasteiger partial charge on any atom is 0.240 e. The molecule has 4 rings (SSSR count). The smallest absolute Gasteiger partial charge is 0.240 e. The Labute approximate surface area is 229 Å². The molecule has 8 heteroatoms. The van der Waals surface area contributed by atoms with E-state index in [1.807, 2.05) is 24.2 Å². The Bertz CT molecular complexity index is 813. The van der Waals surface area contributed by atoms with Gasteiger partial charge >= 0.3 is 0 Å². The molecular formula is C29H48ClN5O2. The number of piperidine rings is 2. The van der Waals surface area contributed by atoms with Gasteiger partial charge in [0, 0.05) is 50.3 Å². The van der Waals surface area contributed by atoms with Crippen LogP contribution in [0.1, 0.15) is 56.9 Å². The quantitative estimate of drug-likeness (QED) is 0.378. The molecule has 37 heavy (non-hydrogen) atoms. The fourth-order valence-corrected chi connectivity index (χ4v) is 6.67. The lowest BCUT2D eigenvalue weighted by Crippen LogP contribution is -2.59. The molecule has 2 saturated heterocycles. The number of carbonyl (C=O) groups excluding carboxylic acids is 1. The molecule has 7 nitrogen and oxygen atoms in total. The van der Waals surface area contributed by atoms with Crippen LogP contribution in [0.2, 0.25) is 5.02 Å². The third-order valence-corrected chi connectivity index (χ3v) is 9.05. The molecule has 0 bridgehead atoms. The fourth-order valence-electron chi connectivity index (χ4n) is 6.54. The van der Waals surface area contributed by atoms with Gasteiger partial charge in [0.25, 0.3) is 0 Å². The van der Waals surface area contributed by atoms with Gasteiger partial charge in [0.1, 0.15) is 0 Å². The van der Waals surface area contributed by atoms with Gasteiger partial charge in [-0.15, -0.1) is 0 Å². The summed E-state index contributed by atoms with van der Waals surface area (Å²) in [5, 5.41) is 13.7. The second kappa shape index (κ2) is 14.8. The highest BCUT2D eigenvalue weighted by Gasteiger charge is 2.38. The molecule has 1 amide bonds. The molecule has 208 valence electrons. The maximum absolute atomic E-state index is 14.1. The molecule has 3 atom stereocenters. The van der Waals surface area contributed by atoms with Crippen LogP contribution in [0.15, 0.2) is 24.3 Å². The summed E-state index contributed by atoms with van der Waals surface area (Å²) in [7, 11) is 3.69. The summed E-state index contributed by atoms with van der Waals surface area (Å²) in [5.41, 5.74) is 1.16. The first kappa shape index (κ1) is 28.8. The molecule has 1 aromatic rings. The lowest BCUT2D eigenvalue weighted by molar-refractivity contribution is -0.136. The molecule has 1 aromatic carbocycles. The highest BCUT2D eigenvalue weighted by Crippen LogP contribution is 2.35. The van der Waals surface area contributed by atoms with E-state index in [9.17, 15) is 4.79 Å². The monoisotopic (exact) mass is 533 g/mol. The van der Waals surface area contributed by atoms with Crippen molar-refractivity contribution in [3.63, 3.8) is 0 Å². The average molecular weight is 534 g/mol. The number of nitrogens with one attached hydrogen (secondary N) is 3. The Kier molecular flexibility index (Phi) is 11.5. The van der Waals surface area contributed by atoms with E-state index in [0.29, 0.717) is 30.3 Å². The van der Waals surface area contributed by atoms with Crippen LogP contribution >= 0.6 is 11.6 Å². The van der Waals surface area contributed by atoms with Crippen molar-refractivity contribution in [2.45, 2.75) is 75.9 Å². The summed E-state index contributed by atoms with van der Waals surface area (Å²) < 4.78 is 0. The van der Waals surface area contributed by atoms with E-state index in [1.54, 1.807) is 7.11 Å². The molecule has 3 N–H and O–H groups in total. The van der Waals surface area contributed by atoms with E-state index in [1.165, 1.54) is 32.1 Å². The van der Waals surface area contributed by atoms with Gasteiger partial charge in [-0.1, -0.05) is 55.8 Å². The molecule has 1 saturated carbocycles. The first-order valence-electron chi connectivity index (χ1n) is 14.5. The lowest BCUT2D eigenvalue weighted by atomic mass is 9.74. The third-order valence-electron chi connectivity index (χ3n) is 8.80. The number of hydrogen-bond donors (Lipinski definition) is 3. The van der Waals surface area contributed by atoms with E-state index in [-0.39, 0.29) is 11.9 Å². The van der Waals surface area contributed by atoms with Gasteiger partial charge < -0.3 is 25.7 Å². The predicted molar refractivity (Wildman–Crippen MR) is 151 cm³/mol. The van der Waals surface area contributed by atoms with Crippen LogP contribution in [0.4, 0.5) is 0 Å². The number of hydroxylamine groups is 2. The Morgan fingerprint density at radius 2 is 1.86 bits per heavy atom. The van der Waals surface area contributed by atoms with Crippen molar-refractivity contribution < 1.29 is 9.63 Å². The number of likely N-dealkylation sites (tertiary alicyclic amines) is 1. The van der Waals surface area contributed by atoms with E-state index in [0.717, 1.165) is 69.1 Å². The molecule has 2 aliphatic heterocycles.